The van der Waals surface area contributed by atoms with Crippen molar-refractivity contribution in [3.8, 4) is 0 Å². The lowest BCUT2D eigenvalue weighted by Crippen LogP contribution is -2.50. The van der Waals surface area contributed by atoms with Gasteiger partial charge in [0.25, 0.3) is 0 Å². The molecule has 0 bridgehead atoms. The number of fused-ring (bicyclic) bond motifs is 1. The van der Waals surface area contributed by atoms with Gasteiger partial charge in [-0.2, -0.15) is 0 Å². The Morgan fingerprint density at radius 3 is 2.88 bits per heavy atom. The highest BCUT2D eigenvalue weighted by Gasteiger charge is 2.51. The van der Waals surface area contributed by atoms with Crippen LogP contribution in [0.1, 0.15) is 39.5 Å². The molecular formula is C12H21ClN2O. The molecule has 3 nitrogen and oxygen atoms in total. The van der Waals surface area contributed by atoms with E-state index in [1.54, 1.807) is 0 Å². The van der Waals surface area contributed by atoms with Gasteiger partial charge in [0.1, 0.15) is 11.4 Å². The fourth-order valence-corrected chi connectivity index (χ4v) is 3.45. The van der Waals surface area contributed by atoms with Crippen molar-refractivity contribution in [1.29, 1.82) is 0 Å². The number of halogens is 1. The van der Waals surface area contributed by atoms with Gasteiger partial charge in [-0.1, -0.05) is 13.8 Å². The maximum absolute atomic E-state index is 10.7. The van der Waals surface area contributed by atoms with Gasteiger partial charge in [-0.15, -0.1) is 11.6 Å². The molecule has 0 spiro atoms. The van der Waals surface area contributed by atoms with Crippen LogP contribution in [-0.4, -0.2) is 28.0 Å². The minimum atomic E-state index is -0.910. The van der Waals surface area contributed by atoms with Crippen molar-refractivity contribution in [2.45, 2.75) is 56.6 Å². The van der Waals surface area contributed by atoms with E-state index in [9.17, 15) is 5.11 Å². The maximum Gasteiger partial charge on any atom is 0.127 e. The number of aliphatic imine (C=N–C) groups is 1. The molecule has 1 aliphatic carbocycles. The third-order valence-electron chi connectivity index (χ3n) is 3.83. The summed E-state index contributed by atoms with van der Waals surface area (Å²) >= 11 is 6.19. The molecule has 0 aromatic heterocycles. The second kappa shape index (κ2) is 4.19. The molecule has 1 fully saturated rings. The zero-order valence-corrected chi connectivity index (χ0v) is 10.7. The summed E-state index contributed by atoms with van der Waals surface area (Å²) in [7, 11) is 0. The van der Waals surface area contributed by atoms with Crippen molar-refractivity contribution in [3.63, 3.8) is 0 Å². The van der Waals surface area contributed by atoms with Crippen molar-refractivity contribution in [3.05, 3.63) is 0 Å². The monoisotopic (exact) mass is 244 g/mol. The first-order valence-corrected chi connectivity index (χ1v) is 6.57. The number of rotatable bonds is 2. The summed E-state index contributed by atoms with van der Waals surface area (Å²) in [6.07, 6.45) is 3.46. The highest BCUT2D eigenvalue weighted by Crippen LogP contribution is 2.44. The van der Waals surface area contributed by atoms with E-state index in [4.69, 9.17) is 17.3 Å². The van der Waals surface area contributed by atoms with E-state index in [1.807, 2.05) is 0 Å². The largest absolute Gasteiger partial charge is 0.385 e. The molecule has 0 saturated heterocycles. The smallest absolute Gasteiger partial charge is 0.127 e. The number of hydrogen-bond donors (Lipinski definition) is 2. The Hall–Kier alpha value is -0.280. The van der Waals surface area contributed by atoms with Crippen LogP contribution in [0.15, 0.2) is 4.99 Å². The Labute approximate surface area is 102 Å². The molecule has 92 valence electrons. The van der Waals surface area contributed by atoms with E-state index < -0.39 is 5.60 Å². The number of aliphatic hydroxyl groups is 1. The summed E-state index contributed by atoms with van der Waals surface area (Å²) in [6, 6.07) is 0.193. The highest BCUT2D eigenvalue weighted by atomic mass is 35.5. The van der Waals surface area contributed by atoms with Gasteiger partial charge in [-0.3, -0.25) is 4.99 Å². The van der Waals surface area contributed by atoms with Crippen LogP contribution in [0.2, 0.25) is 0 Å². The zero-order valence-electron chi connectivity index (χ0n) is 9.99. The molecule has 4 atom stereocenters. The van der Waals surface area contributed by atoms with Crippen molar-refractivity contribution < 1.29 is 5.11 Å². The number of amidine groups is 1. The number of nitrogens with zero attached hydrogens (tertiary/aromatic N) is 1. The topological polar surface area (TPSA) is 58.6 Å². The van der Waals surface area contributed by atoms with Crippen molar-refractivity contribution >= 4 is 17.4 Å². The second-order valence-electron chi connectivity index (χ2n) is 5.62. The van der Waals surface area contributed by atoms with Crippen LogP contribution in [0.25, 0.3) is 0 Å². The Bertz CT molecular complexity index is 305. The molecule has 1 saturated carbocycles. The third-order valence-corrected chi connectivity index (χ3v) is 4.23. The lowest BCUT2D eigenvalue weighted by Gasteiger charge is -2.37. The van der Waals surface area contributed by atoms with E-state index in [1.165, 1.54) is 0 Å². The molecule has 4 heteroatoms. The summed E-state index contributed by atoms with van der Waals surface area (Å²) in [5.74, 6) is 0.973. The molecule has 1 heterocycles. The van der Waals surface area contributed by atoms with Gasteiger partial charge in [0, 0.05) is 11.3 Å². The van der Waals surface area contributed by atoms with Crippen molar-refractivity contribution in [2.24, 2.45) is 22.6 Å². The summed E-state index contributed by atoms with van der Waals surface area (Å²) in [4.78, 5) is 4.44. The molecule has 1 aliphatic heterocycles. The summed E-state index contributed by atoms with van der Waals surface area (Å²) in [5, 5.41) is 10.9. The Morgan fingerprint density at radius 1 is 1.56 bits per heavy atom. The van der Waals surface area contributed by atoms with Crippen molar-refractivity contribution in [2.75, 3.05) is 0 Å². The van der Waals surface area contributed by atoms with E-state index in [0.29, 0.717) is 18.2 Å². The maximum atomic E-state index is 10.7. The Kier molecular flexibility index (Phi) is 3.19. The average Bonchev–Trinajstić information content (AvgIpc) is 2.40. The fraction of sp³-hybridized carbons (Fsp3) is 0.917. The molecule has 2 rings (SSSR count). The predicted molar refractivity (Wildman–Crippen MR) is 66.8 cm³/mol. The van der Waals surface area contributed by atoms with E-state index >= 15 is 0 Å². The van der Waals surface area contributed by atoms with Gasteiger partial charge >= 0.3 is 0 Å². The van der Waals surface area contributed by atoms with E-state index in [-0.39, 0.29) is 17.3 Å². The first kappa shape index (κ1) is 12.2. The fourth-order valence-electron chi connectivity index (χ4n) is 3.13. The SMILES string of the molecule is CC(C)CC1(O)C(N)=NC2CCC(Cl)CC21. The highest BCUT2D eigenvalue weighted by molar-refractivity contribution is 6.20. The first-order valence-electron chi connectivity index (χ1n) is 6.13. The molecule has 2 aliphatic rings. The van der Waals surface area contributed by atoms with Gasteiger partial charge < -0.3 is 10.8 Å². The van der Waals surface area contributed by atoms with Crippen LogP contribution >= 0.6 is 11.6 Å². The summed E-state index contributed by atoms with van der Waals surface area (Å²) < 4.78 is 0. The second-order valence-corrected chi connectivity index (χ2v) is 6.24. The number of hydrogen-bond acceptors (Lipinski definition) is 3. The predicted octanol–water partition coefficient (Wildman–Crippen LogP) is 1.91. The molecule has 0 aromatic carbocycles. The third kappa shape index (κ3) is 1.95. The summed E-state index contributed by atoms with van der Waals surface area (Å²) in [6.45, 7) is 4.19. The van der Waals surface area contributed by atoms with Gasteiger partial charge in [-0.25, -0.2) is 0 Å². The van der Waals surface area contributed by atoms with Gasteiger partial charge in [0.2, 0.25) is 0 Å². The lowest BCUT2D eigenvalue weighted by molar-refractivity contribution is 0.0172. The Balaban J connectivity index is 2.20. The molecule has 0 radical (unpaired) electrons. The molecule has 4 unspecified atom stereocenters. The average molecular weight is 245 g/mol. The zero-order chi connectivity index (χ0) is 11.9. The van der Waals surface area contributed by atoms with Crippen LogP contribution in [0.3, 0.4) is 0 Å². The van der Waals surface area contributed by atoms with Crippen LogP contribution in [0.4, 0.5) is 0 Å². The van der Waals surface area contributed by atoms with Crippen LogP contribution < -0.4 is 5.73 Å². The summed E-state index contributed by atoms with van der Waals surface area (Å²) in [5.41, 5.74) is 5.01. The molecule has 0 aromatic rings. The first-order chi connectivity index (χ1) is 7.43. The normalized spacial score (nSPS) is 43.3. The van der Waals surface area contributed by atoms with Crippen LogP contribution in [-0.2, 0) is 0 Å². The minimum absolute atomic E-state index is 0.131. The lowest BCUT2D eigenvalue weighted by atomic mass is 9.72. The molecular weight excluding hydrogens is 224 g/mol. The molecule has 3 N–H and O–H groups in total. The van der Waals surface area contributed by atoms with Crippen molar-refractivity contribution in [1.82, 2.24) is 0 Å². The van der Waals surface area contributed by atoms with Gasteiger partial charge in [0.15, 0.2) is 0 Å². The van der Waals surface area contributed by atoms with Gasteiger partial charge in [-0.05, 0) is 31.6 Å². The number of alkyl halides is 1. The molecule has 16 heavy (non-hydrogen) atoms. The van der Waals surface area contributed by atoms with Gasteiger partial charge in [0.05, 0.1) is 6.04 Å². The standard InChI is InChI=1S/C12H21ClN2O/c1-7(2)6-12(16)9-5-8(13)3-4-10(9)15-11(12)14/h7-10,16H,3-6H2,1-2H3,(H2,14,15). The quantitative estimate of drug-likeness (QED) is 0.729. The minimum Gasteiger partial charge on any atom is -0.385 e. The van der Waals surface area contributed by atoms with Crippen LogP contribution in [0, 0.1) is 11.8 Å². The van der Waals surface area contributed by atoms with Crippen LogP contribution in [0.5, 0.6) is 0 Å². The Morgan fingerprint density at radius 2 is 2.25 bits per heavy atom. The number of nitrogens with two attached hydrogens (primary N) is 1. The molecule has 0 amide bonds. The van der Waals surface area contributed by atoms with E-state index in [0.717, 1.165) is 19.3 Å². The van der Waals surface area contributed by atoms with E-state index in [2.05, 4.69) is 18.8 Å².